The monoisotopic (exact) mass is 290 g/mol. The van der Waals surface area contributed by atoms with E-state index in [0.29, 0.717) is 22.7 Å². The number of rotatable bonds is 2. The van der Waals surface area contributed by atoms with Gasteiger partial charge in [-0.1, -0.05) is 23.7 Å². The van der Waals surface area contributed by atoms with Crippen LogP contribution in [0, 0.1) is 17.5 Å². The molecule has 0 saturated carbocycles. The topological polar surface area (TPSA) is 0 Å². The molecule has 0 amide bonds. The van der Waals surface area contributed by atoms with Gasteiger partial charge in [0.25, 0.3) is 0 Å². The molecule has 18 heavy (non-hydrogen) atoms. The highest BCUT2D eigenvalue weighted by molar-refractivity contribution is 6.30. The number of hydrogen-bond acceptors (Lipinski definition) is 0. The van der Waals surface area contributed by atoms with E-state index in [0.717, 1.165) is 0 Å². The van der Waals surface area contributed by atoms with E-state index in [4.69, 9.17) is 23.2 Å². The second kappa shape index (κ2) is 5.21. The van der Waals surface area contributed by atoms with Crippen molar-refractivity contribution in [1.29, 1.82) is 0 Å². The van der Waals surface area contributed by atoms with Crippen molar-refractivity contribution in [3.8, 4) is 0 Å². The Morgan fingerprint density at radius 3 is 2.11 bits per heavy atom. The summed E-state index contributed by atoms with van der Waals surface area (Å²) in [5, 5.41) is -0.662. The average Bonchev–Trinajstić information content (AvgIpc) is 2.27. The Hall–Kier alpha value is -1.19. The maximum Gasteiger partial charge on any atom is 0.134 e. The third-order valence-electron chi connectivity index (χ3n) is 2.44. The zero-order valence-corrected chi connectivity index (χ0v) is 10.4. The smallest absolute Gasteiger partial charge is 0.134 e. The molecular weight excluding hydrogens is 284 g/mol. The lowest BCUT2D eigenvalue weighted by Crippen LogP contribution is -2.02. The van der Waals surface area contributed by atoms with Gasteiger partial charge in [-0.15, -0.1) is 11.6 Å². The van der Waals surface area contributed by atoms with Crippen LogP contribution in [0.5, 0.6) is 0 Å². The first kappa shape index (κ1) is 13.2. The van der Waals surface area contributed by atoms with Crippen LogP contribution in [0.1, 0.15) is 16.5 Å². The van der Waals surface area contributed by atoms with E-state index >= 15 is 0 Å². The van der Waals surface area contributed by atoms with Gasteiger partial charge in [0, 0.05) is 22.7 Å². The number of hydrogen-bond donors (Lipinski definition) is 0. The molecule has 0 saturated heterocycles. The van der Waals surface area contributed by atoms with Crippen molar-refractivity contribution in [2.24, 2.45) is 0 Å². The third-order valence-corrected chi connectivity index (χ3v) is 3.14. The molecule has 1 unspecified atom stereocenters. The lowest BCUT2D eigenvalue weighted by atomic mass is 10.0. The van der Waals surface area contributed by atoms with Gasteiger partial charge in [-0.25, -0.2) is 13.2 Å². The maximum atomic E-state index is 13.6. The molecular formula is C13H7Cl2F3. The molecule has 0 spiro atoms. The van der Waals surface area contributed by atoms with Gasteiger partial charge in [0.05, 0.1) is 5.38 Å². The van der Waals surface area contributed by atoms with Gasteiger partial charge in [0.15, 0.2) is 0 Å². The Morgan fingerprint density at radius 1 is 0.944 bits per heavy atom. The van der Waals surface area contributed by atoms with Crippen molar-refractivity contribution in [2.75, 3.05) is 0 Å². The summed E-state index contributed by atoms with van der Waals surface area (Å²) >= 11 is 11.8. The molecule has 0 nitrogen and oxygen atoms in total. The van der Waals surface area contributed by atoms with Gasteiger partial charge < -0.3 is 0 Å². The molecule has 94 valence electrons. The SMILES string of the molecule is Fc1cc(F)c(C(Cl)c2cccc(Cl)c2)c(F)c1. The molecule has 1 atom stereocenters. The van der Waals surface area contributed by atoms with Crippen LogP contribution in [-0.4, -0.2) is 0 Å². The summed E-state index contributed by atoms with van der Waals surface area (Å²) in [4.78, 5) is 0. The van der Waals surface area contributed by atoms with Gasteiger partial charge in [-0.05, 0) is 17.7 Å². The molecule has 5 heteroatoms. The number of benzene rings is 2. The molecule has 0 aliphatic carbocycles. The first-order chi connectivity index (χ1) is 8.49. The summed E-state index contributed by atoms with van der Waals surface area (Å²) in [7, 11) is 0. The Labute approximate surface area is 112 Å². The molecule has 0 fully saturated rings. The van der Waals surface area contributed by atoms with Gasteiger partial charge in [-0.3, -0.25) is 0 Å². The highest BCUT2D eigenvalue weighted by Gasteiger charge is 2.21. The molecule has 0 heterocycles. The standard InChI is InChI=1S/C13H7Cl2F3/c14-8-3-1-2-7(4-8)13(15)12-10(17)5-9(16)6-11(12)18/h1-6,13H. The highest BCUT2D eigenvalue weighted by Crippen LogP contribution is 2.33. The molecule has 2 aromatic rings. The average molecular weight is 291 g/mol. The van der Waals surface area contributed by atoms with Crippen LogP contribution in [-0.2, 0) is 0 Å². The minimum Gasteiger partial charge on any atom is -0.207 e. The summed E-state index contributed by atoms with van der Waals surface area (Å²) < 4.78 is 39.9. The van der Waals surface area contributed by atoms with E-state index in [1.54, 1.807) is 18.2 Å². The van der Waals surface area contributed by atoms with Crippen molar-refractivity contribution < 1.29 is 13.2 Å². The fraction of sp³-hybridized carbons (Fsp3) is 0.0769. The Balaban J connectivity index is 2.49. The minimum absolute atomic E-state index is 0.389. The Bertz CT molecular complexity index is 561. The van der Waals surface area contributed by atoms with E-state index in [9.17, 15) is 13.2 Å². The van der Waals surface area contributed by atoms with Crippen molar-refractivity contribution in [3.05, 3.63) is 70.0 Å². The van der Waals surface area contributed by atoms with Gasteiger partial charge in [0.1, 0.15) is 17.5 Å². The van der Waals surface area contributed by atoms with E-state index in [2.05, 4.69) is 0 Å². The van der Waals surface area contributed by atoms with Crippen LogP contribution < -0.4 is 0 Å². The minimum atomic E-state index is -1.07. The Morgan fingerprint density at radius 2 is 1.56 bits per heavy atom. The quantitative estimate of drug-likeness (QED) is 0.676. The van der Waals surface area contributed by atoms with E-state index in [-0.39, 0.29) is 5.56 Å². The molecule has 0 radical (unpaired) electrons. The first-order valence-corrected chi connectivity index (χ1v) is 5.84. The highest BCUT2D eigenvalue weighted by atomic mass is 35.5. The normalized spacial score (nSPS) is 12.5. The summed E-state index contributed by atoms with van der Waals surface area (Å²) in [5.74, 6) is -3.02. The molecule has 0 aliphatic rings. The maximum absolute atomic E-state index is 13.6. The molecule has 0 aliphatic heterocycles. The zero-order valence-electron chi connectivity index (χ0n) is 8.93. The summed E-state index contributed by atoms with van der Waals surface area (Å²) in [6.07, 6.45) is 0. The predicted molar refractivity (Wildman–Crippen MR) is 65.5 cm³/mol. The first-order valence-electron chi connectivity index (χ1n) is 5.03. The predicted octanol–water partition coefficient (Wildman–Crippen LogP) is 5.09. The largest absolute Gasteiger partial charge is 0.207 e. The fourth-order valence-corrected chi connectivity index (χ4v) is 2.17. The number of halogens is 5. The molecule has 0 aromatic heterocycles. The van der Waals surface area contributed by atoms with Crippen LogP contribution in [0.25, 0.3) is 0 Å². The molecule has 2 rings (SSSR count). The van der Waals surface area contributed by atoms with Crippen molar-refractivity contribution >= 4 is 23.2 Å². The second-order valence-electron chi connectivity index (χ2n) is 3.70. The summed E-state index contributed by atoms with van der Waals surface area (Å²) in [5.41, 5.74) is 0.0499. The van der Waals surface area contributed by atoms with E-state index in [1.807, 2.05) is 0 Å². The summed E-state index contributed by atoms with van der Waals surface area (Å²) in [6, 6.07) is 7.52. The molecule has 0 bridgehead atoms. The van der Waals surface area contributed by atoms with E-state index < -0.39 is 22.8 Å². The van der Waals surface area contributed by atoms with Crippen molar-refractivity contribution in [2.45, 2.75) is 5.38 Å². The lowest BCUT2D eigenvalue weighted by Gasteiger charge is -2.12. The van der Waals surface area contributed by atoms with Crippen molar-refractivity contribution in [1.82, 2.24) is 0 Å². The molecule has 2 aromatic carbocycles. The van der Waals surface area contributed by atoms with Crippen LogP contribution in [0.3, 0.4) is 0 Å². The van der Waals surface area contributed by atoms with Crippen molar-refractivity contribution in [3.63, 3.8) is 0 Å². The van der Waals surface area contributed by atoms with E-state index in [1.165, 1.54) is 6.07 Å². The second-order valence-corrected chi connectivity index (χ2v) is 4.57. The third kappa shape index (κ3) is 2.62. The van der Waals surface area contributed by atoms with Gasteiger partial charge in [0.2, 0.25) is 0 Å². The van der Waals surface area contributed by atoms with Gasteiger partial charge in [-0.2, -0.15) is 0 Å². The van der Waals surface area contributed by atoms with Crippen LogP contribution in [0.15, 0.2) is 36.4 Å². The van der Waals surface area contributed by atoms with Crippen LogP contribution >= 0.6 is 23.2 Å². The van der Waals surface area contributed by atoms with Crippen LogP contribution in [0.2, 0.25) is 5.02 Å². The molecule has 0 N–H and O–H groups in total. The lowest BCUT2D eigenvalue weighted by molar-refractivity contribution is 0.526. The summed E-state index contributed by atoms with van der Waals surface area (Å²) in [6.45, 7) is 0. The van der Waals surface area contributed by atoms with Crippen LogP contribution in [0.4, 0.5) is 13.2 Å². The zero-order chi connectivity index (χ0) is 13.3. The fourth-order valence-electron chi connectivity index (χ4n) is 1.63. The van der Waals surface area contributed by atoms with Gasteiger partial charge >= 0.3 is 0 Å². The number of alkyl halides is 1. The Kier molecular flexibility index (Phi) is 3.83.